The number of nitrogens with one attached hydrogen (secondary N) is 2. The van der Waals surface area contributed by atoms with E-state index in [1.807, 2.05) is 37.3 Å². The van der Waals surface area contributed by atoms with Crippen molar-refractivity contribution in [3.8, 4) is 0 Å². The Morgan fingerprint density at radius 1 is 1.20 bits per heavy atom. The summed E-state index contributed by atoms with van der Waals surface area (Å²) in [6, 6.07) is 8.98. The summed E-state index contributed by atoms with van der Waals surface area (Å²) in [5.74, 6) is -0.947. The second-order valence-electron chi connectivity index (χ2n) is 5.33. The molecule has 5 heteroatoms. The van der Waals surface area contributed by atoms with Crippen LogP contribution in [-0.2, 0) is 4.79 Å². The molecule has 2 rings (SSSR count). The van der Waals surface area contributed by atoms with Gasteiger partial charge < -0.3 is 15.7 Å². The molecule has 1 aromatic rings. The highest BCUT2D eigenvalue weighted by atomic mass is 16.4. The van der Waals surface area contributed by atoms with Gasteiger partial charge in [0.1, 0.15) is 5.54 Å². The van der Waals surface area contributed by atoms with Crippen molar-refractivity contribution < 1.29 is 14.7 Å². The van der Waals surface area contributed by atoms with Crippen molar-refractivity contribution in [2.24, 2.45) is 0 Å². The van der Waals surface area contributed by atoms with Gasteiger partial charge in [-0.15, -0.1) is 0 Å². The van der Waals surface area contributed by atoms with Gasteiger partial charge in [-0.25, -0.2) is 9.59 Å². The predicted molar refractivity (Wildman–Crippen MR) is 75.4 cm³/mol. The number of benzene rings is 1. The lowest BCUT2D eigenvalue weighted by atomic mass is 9.98. The fourth-order valence-corrected chi connectivity index (χ4v) is 2.65. The van der Waals surface area contributed by atoms with Crippen LogP contribution in [0.25, 0.3) is 0 Å². The van der Waals surface area contributed by atoms with Crippen LogP contribution in [0.4, 0.5) is 4.79 Å². The maximum Gasteiger partial charge on any atom is 0.329 e. The average Bonchev–Trinajstić information content (AvgIpc) is 2.89. The first-order valence-corrected chi connectivity index (χ1v) is 6.90. The quantitative estimate of drug-likeness (QED) is 0.790. The van der Waals surface area contributed by atoms with Gasteiger partial charge in [0.2, 0.25) is 0 Å². The molecule has 0 aromatic heterocycles. The van der Waals surface area contributed by atoms with E-state index in [4.69, 9.17) is 0 Å². The molecule has 1 saturated carbocycles. The third-order valence-corrected chi connectivity index (χ3v) is 3.87. The molecular weight excluding hydrogens is 256 g/mol. The number of rotatable bonds is 4. The highest BCUT2D eigenvalue weighted by molar-refractivity contribution is 5.86. The predicted octanol–water partition coefficient (Wildman–Crippen LogP) is 2.44. The zero-order valence-corrected chi connectivity index (χ0v) is 11.6. The Labute approximate surface area is 118 Å². The van der Waals surface area contributed by atoms with Crippen LogP contribution in [0, 0.1) is 0 Å². The van der Waals surface area contributed by atoms with Crippen LogP contribution in [0.15, 0.2) is 30.3 Å². The van der Waals surface area contributed by atoms with E-state index in [2.05, 4.69) is 10.6 Å². The Balaban J connectivity index is 1.97. The lowest BCUT2D eigenvalue weighted by Crippen LogP contribution is -2.55. The summed E-state index contributed by atoms with van der Waals surface area (Å²) in [6.45, 7) is 1.87. The van der Waals surface area contributed by atoms with Gasteiger partial charge in [-0.3, -0.25) is 0 Å². The molecule has 0 radical (unpaired) electrons. The summed E-state index contributed by atoms with van der Waals surface area (Å²) in [5, 5.41) is 14.8. The molecule has 1 aliphatic carbocycles. The van der Waals surface area contributed by atoms with Gasteiger partial charge in [0.15, 0.2) is 0 Å². The van der Waals surface area contributed by atoms with Crippen molar-refractivity contribution >= 4 is 12.0 Å². The van der Waals surface area contributed by atoms with E-state index in [9.17, 15) is 14.7 Å². The van der Waals surface area contributed by atoms with E-state index in [1.165, 1.54) is 0 Å². The van der Waals surface area contributed by atoms with Crippen LogP contribution in [-0.4, -0.2) is 22.6 Å². The van der Waals surface area contributed by atoms with Crippen molar-refractivity contribution in [2.45, 2.75) is 44.2 Å². The summed E-state index contributed by atoms with van der Waals surface area (Å²) in [5.41, 5.74) is -0.112. The molecule has 1 fully saturated rings. The highest BCUT2D eigenvalue weighted by Crippen LogP contribution is 2.29. The standard InChI is InChI=1S/C15H20N2O3/c1-11(12-7-3-2-4-8-12)16-14(20)17-15(13(18)19)9-5-6-10-15/h2-4,7-8,11H,5-6,9-10H2,1H3,(H,18,19)(H2,16,17,20). The van der Waals surface area contributed by atoms with Gasteiger partial charge in [-0.05, 0) is 25.3 Å². The second kappa shape index (κ2) is 5.94. The SMILES string of the molecule is CC(NC(=O)NC1(C(=O)O)CCCC1)c1ccccc1. The van der Waals surface area contributed by atoms with Crippen LogP contribution in [0.1, 0.15) is 44.2 Å². The zero-order valence-electron chi connectivity index (χ0n) is 11.6. The smallest absolute Gasteiger partial charge is 0.329 e. The number of hydrogen-bond acceptors (Lipinski definition) is 2. The van der Waals surface area contributed by atoms with Gasteiger partial charge in [0.05, 0.1) is 6.04 Å². The van der Waals surface area contributed by atoms with E-state index >= 15 is 0 Å². The van der Waals surface area contributed by atoms with Gasteiger partial charge in [-0.2, -0.15) is 0 Å². The minimum atomic E-state index is -1.10. The third-order valence-electron chi connectivity index (χ3n) is 3.87. The topological polar surface area (TPSA) is 78.4 Å². The Kier molecular flexibility index (Phi) is 4.27. The van der Waals surface area contributed by atoms with E-state index in [-0.39, 0.29) is 6.04 Å². The van der Waals surface area contributed by atoms with Crippen molar-refractivity contribution in [1.82, 2.24) is 10.6 Å². The molecule has 1 aliphatic rings. The first kappa shape index (κ1) is 14.4. The minimum Gasteiger partial charge on any atom is -0.480 e. The molecule has 0 aliphatic heterocycles. The van der Waals surface area contributed by atoms with Gasteiger partial charge in [-0.1, -0.05) is 43.2 Å². The summed E-state index contributed by atoms with van der Waals surface area (Å²) < 4.78 is 0. The van der Waals surface area contributed by atoms with E-state index < -0.39 is 17.5 Å². The summed E-state index contributed by atoms with van der Waals surface area (Å²) in [4.78, 5) is 23.4. The largest absolute Gasteiger partial charge is 0.480 e. The van der Waals surface area contributed by atoms with Crippen molar-refractivity contribution in [1.29, 1.82) is 0 Å². The molecule has 1 aromatic carbocycles. The van der Waals surface area contributed by atoms with Crippen LogP contribution in [0.5, 0.6) is 0 Å². The number of carboxylic acids is 1. The Bertz CT molecular complexity index is 481. The molecule has 2 amide bonds. The molecule has 0 saturated heterocycles. The summed E-state index contributed by atoms with van der Waals surface area (Å²) in [7, 11) is 0. The van der Waals surface area contributed by atoms with Gasteiger partial charge in [0, 0.05) is 0 Å². The van der Waals surface area contributed by atoms with Crippen LogP contribution in [0.2, 0.25) is 0 Å². The van der Waals surface area contributed by atoms with E-state index in [0.29, 0.717) is 12.8 Å². The van der Waals surface area contributed by atoms with Crippen LogP contribution in [0.3, 0.4) is 0 Å². The number of aliphatic carboxylic acids is 1. The van der Waals surface area contributed by atoms with Crippen molar-refractivity contribution in [3.05, 3.63) is 35.9 Å². The lowest BCUT2D eigenvalue weighted by molar-refractivity contribution is -0.144. The van der Waals surface area contributed by atoms with E-state index in [0.717, 1.165) is 18.4 Å². The zero-order chi connectivity index (χ0) is 14.6. The number of carbonyl (C=O) groups is 2. The van der Waals surface area contributed by atoms with E-state index in [1.54, 1.807) is 0 Å². The molecule has 108 valence electrons. The highest BCUT2D eigenvalue weighted by Gasteiger charge is 2.42. The monoisotopic (exact) mass is 276 g/mol. The maximum atomic E-state index is 12.0. The number of hydrogen-bond donors (Lipinski definition) is 3. The molecular formula is C15H20N2O3. The summed E-state index contributed by atoms with van der Waals surface area (Å²) in [6.07, 6.45) is 2.66. The van der Waals surface area contributed by atoms with Gasteiger partial charge >= 0.3 is 12.0 Å². The number of carboxylic acid groups (broad SMARTS) is 1. The first-order chi connectivity index (χ1) is 9.53. The molecule has 1 unspecified atom stereocenters. The molecule has 20 heavy (non-hydrogen) atoms. The lowest BCUT2D eigenvalue weighted by Gasteiger charge is -2.26. The van der Waals surface area contributed by atoms with Crippen molar-refractivity contribution in [3.63, 3.8) is 0 Å². The van der Waals surface area contributed by atoms with Gasteiger partial charge in [0.25, 0.3) is 0 Å². The summed E-state index contributed by atoms with van der Waals surface area (Å²) >= 11 is 0. The minimum absolute atomic E-state index is 0.163. The van der Waals surface area contributed by atoms with Crippen LogP contribution >= 0.6 is 0 Å². The second-order valence-corrected chi connectivity index (χ2v) is 5.33. The van der Waals surface area contributed by atoms with Crippen LogP contribution < -0.4 is 10.6 Å². The molecule has 3 N–H and O–H groups in total. The third kappa shape index (κ3) is 3.10. The number of carbonyl (C=O) groups excluding carboxylic acids is 1. The maximum absolute atomic E-state index is 12.0. The first-order valence-electron chi connectivity index (χ1n) is 6.90. The Morgan fingerprint density at radius 2 is 1.80 bits per heavy atom. The average molecular weight is 276 g/mol. The molecule has 0 heterocycles. The molecule has 0 spiro atoms. The fourth-order valence-electron chi connectivity index (χ4n) is 2.65. The molecule has 1 atom stereocenters. The normalized spacial score (nSPS) is 18.2. The van der Waals surface area contributed by atoms with Crippen molar-refractivity contribution in [2.75, 3.05) is 0 Å². The number of urea groups is 1. The molecule has 5 nitrogen and oxygen atoms in total. The Morgan fingerprint density at radius 3 is 2.35 bits per heavy atom. The Hall–Kier alpha value is -2.04. The number of amides is 2. The molecule has 0 bridgehead atoms. The fraction of sp³-hybridized carbons (Fsp3) is 0.467.